The van der Waals surface area contributed by atoms with Gasteiger partial charge in [-0.05, 0) is 62.8 Å². The van der Waals surface area contributed by atoms with Crippen LogP contribution in [0.5, 0.6) is 11.5 Å². The SMILES string of the molecule is COC(=O)c1ccc(/C=C2\Oc3c(ccc(OCC=C(C)C)c3C)C2=O)cc1. The normalized spacial score (nSPS) is 13.7. The number of hydrogen-bond acceptors (Lipinski definition) is 5. The zero-order chi connectivity index (χ0) is 20.3. The molecule has 0 fully saturated rings. The Bertz CT molecular complexity index is 977. The summed E-state index contributed by atoms with van der Waals surface area (Å²) < 4.78 is 16.3. The molecule has 1 heterocycles. The Morgan fingerprint density at radius 3 is 2.46 bits per heavy atom. The lowest BCUT2D eigenvalue weighted by Gasteiger charge is -2.10. The Kier molecular flexibility index (Phi) is 5.64. The predicted molar refractivity (Wildman–Crippen MR) is 107 cm³/mol. The molecule has 3 rings (SSSR count). The third kappa shape index (κ3) is 3.98. The lowest BCUT2D eigenvalue weighted by atomic mass is 10.1. The van der Waals surface area contributed by atoms with Gasteiger partial charge in [0.1, 0.15) is 18.1 Å². The summed E-state index contributed by atoms with van der Waals surface area (Å²) in [5, 5.41) is 0. The highest BCUT2D eigenvalue weighted by molar-refractivity contribution is 6.15. The molecule has 0 aliphatic carbocycles. The van der Waals surface area contributed by atoms with E-state index in [1.165, 1.54) is 12.7 Å². The van der Waals surface area contributed by atoms with Crippen molar-refractivity contribution in [2.45, 2.75) is 20.8 Å². The number of methoxy groups -OCH3 is 1. The molecule has 0 radical (unpaired) electrons. The van der Waals surface area contributed by atoms with Crippen LogP contribution in [-0.4, -0.2) is 25.5 Å². The van der Waals surface area contributed by atoms with E-state index in [4.69, 9.17) is 9.47 Å². The fourth-order valence-electron chi connectivity index (χ4n) is 2.81. The van der Waals surface area contributed by atoms with Gasteiger partial charge in [-0.1, -0.05) is 17.7 Å². The second kappa shape index (κ2) is 8.13. The van der Waals surface area contributed by atoms with Crippen molar-refractivity contribution in [2.75, 3.05) is 13.7 Å². The van der Waals surface area contributed by atoms with Crippen molar-refractivity contribution in [2.24, 2.45) is 0 Å². The first-order valence-electron chi connectivity index (χ1n) is 8.93. The van der Waals surface area contributed by atoms with Crippen LogP contribution in [0.2, 0.25) is 0 Å². The highest BCUT2D eigenvalue weighted by atomic mass is 16.5. The van der Waals surface area contributed by atoms with Crippen molar-refractivity contribution in [1.29, 1.82) is 0 Å². The van der Waals surface area contributed by atoms with Gasteiger partial charge >= 0.3 is 5.97 Å². The summed E-state index contributed by atoms with van der Waals surface area (Å²) in [4.78, 5) is 24.2. The number of Topliss-reactive ketones (excluding diaryl/α,β-unsaturated/α-hetero) is 1. The van der Waals surface area contributed by atoms with Gasteiger partial charge in [0, 0.05) is 5.56 Å². The van der Waals surface area contributed by atoms with Crippen LogP contribution in [-0.2, 0) is 4.74 Å². The summed E-state index contributed by atoms with van der Waals surface area (Å²) in [6, 6.07) is 10.3. The fraction of sp³-hybridized carbons (Fsp3) is 0.217. The Hall–Kier alpha value is -3.34. The number of fused-ring (bicyclic) bond motifs is 1. The first-order chi connectivity index (χ1) is 13.4. The Morgan fingerprint density at radius 2 is 1.82 bits per heavy atom. The van der Waals surface area contributed by atoms with Gasteiger partial charge in [-0.2, -0.15) is 0 Å². The molecule has 2 aromatic carbocycles. The van der Waals surface area contributed by atoms with E-state index in [9.17, 15) is 9.59 Å². The number of rotatable bonds is 5. The minimum Gasteiger partial charge on any atom is -0.489 e. The molecule has 5 nitrogen and oxygen atoms in total. The molecule has 28 heavy (non-hydrogen) atoms. The Labute approximate surface area is 164 Å². The molecule has 0 saturated heterocycles. The van der Waals surface area contributed by atoms with Crippen LogP contribution in [0.15, 0.2) is 53.8 Å². The molecule has 0 atom stereocenters. The van der Waals surface area contributed by atoms with E-state index in [2.05, 4.69) is 4.74 Å². The van der Waals surface area contributed by atoms with Gasteiger partial charge in [0.2, 0.25) is 5.78 Å². The van der Waals surface area contributed by atoms with E-state index in [-0.39, 0.29) is 11.5 Å². The van der Waals surface area contributed by atoms with Gasteiger partial charge in [0.25, 0.3) is 0 Å². The first-order valence-corrected chi connectivity index (χ1v) is 8.93. The van der Waals surface area contributed by atoms with Crippen molar-refractivity contribution < 1.29 is 23.8 Å². The second-order valence-electron chi connectivity index (χ2n) is 6.71. The van der Waals surface area contributed by atoms with Crippen LogP contribution in [0.25, 0.3) is 6.08 Å². The fourth-order valence-corrected chi connectivity index (χ4v) is 2.81. The largest absolute Gasteiger partial charge is 0.489 e. The third-order valence-electron chi connectivity index (χ3n) is 4.40. The smallest absolute Gasteiger partial charge is 0.337 e. The number of ether oxygens (including phenoxy) is 3. The summed E-state index contributed by atoms with van der Waals surface area (Å²) >= 11 is 0. The molecule has 0 spiro atoms. The van der Waals surface area contributed by atoms with Gasteiger partial charge in [0.05, 0.1) is 18.2 Å². The number of benzene rings is 2. The van der Waals surface area contributed by atoms with E-state index in [1.54, 1.807) is 42.5 Å². The lowest BCUT2D eigenvalue weighted by molar-refractivity contribution is 0.0600. The molecular formula is C23H22O5. The minimum absolute atomic E-state index is 0.175. The molecular weight excluding hydrogens is 356 g/mol. The van der Waals surface area contributed by atoms with Crippen molar-refractivity contribution in [3.8, 4) is 11.5 Å². The second-order valence-corrected chi connectivity index (χ2v) is 6.71. The molecule has 5 heteroatoms. The lowest BCUT2D eigenvalue weighted by Crippen LogP contribution is -2.01. The van der Waals surface area contributed by atoms with Crippen LogP contribution in [0.4, 0.5) is 0 Å². The van der Waals surface area contributed by atoms with Crippen LogP contribution < -0.4 is 9.47 Å². The maximum atomic E-state index is 12.7. The van der Waals surface area contributed by atoms with Gasteiger partial charge < -0.3 is 14.2 Å². The molecule has 144 valence electrons. The molecule has 0 bridgehead atoms. The molecule has 0 aromatic heterocycles. The van der Waals surface area contributed by atoms with E-state index in [1.807, 2.05) is 26.8 Å². The molecule has 0 saturated carbocycles. The highest BCUT2D eigenvalue weighted by Crippen LogP contribution is 2.39. The quantitative estimate of drug-likeness (QED) is 0.427. The van der Waals surface area contributed by atoms with Crippen molar-refractivity contribution in [3.63, 3.8) is 0 Å². The van der Waals surface area contributed by atoms with E-state index >= 15 is 0 Å². The highest BCUT2D eigenvalue weighted by Gasteiger charge is 2.30. The maximum absolute atomic E-state index is 12.7. The monoisotopic (exact) mass is 378 g/mol. The van der Waals surface area contributed by atoms with E-state index in [0.29, 0.717) is 29.2 Å². The standard InChI is InChI=1S/C23H22O5/c1-14(2)11-12-27-19-10-9-18-21(24)20(28-22(18)15(19)3)13-16-5-7-17(8-6-16)23(25)26-4/h5-11,13H,12H2,1-4H3/b20-13-. The number of esters is 1. The summed E-state index contributed by atoms with van der Waals surface area (Å²) in [6.45, 7) is 6.36. The first kappa shape index (κ1) is 19.4. The summed E-state index contributed by atoms with van der Waals surface area (Å²) in [5.74, 6) is 0.872. The average Bonchev–Trinajstić information content (AvgIpc) is 3.00. The van der Waals surface area contributed by atoms with Gasteiger partial charge in [-0.3, -0.25) is 4.79 Å². The number of ketones is 1. The molecule has 1 aliphatic heterocycles. The Balaban J connectivity index is 1.83. The molecule has 0 amide bonds. The van der Waals surface area contributed by atoms with Crippen LogP contribution in [0, 0.1) is 6.92 Å². The van der Waals surface area contributed by atoms with Crippen LogP contribution in [0.3, 0.4) is 0 Å². The van der Waals surface area contributed by atoms with E-state index in [0.717, 1.165) is 11.1 Å². The zero-order valence-electron chi connectivity index (χ0n) is 16.4. The number of carbonyl (C=O) groups is 2. The van der Waals surface area contributed by atoms with Crippen molar-refractivity contribution >= 4 is 17.8 Å². The molecule has 0 unspecified atom stereocenters. The minimum atomic E-state index is -0.406. The van der Waals surface area contributed by atoms with Gasteiger partial charge in [-0.15, -0.1) is 0 Å². The summed E-state index contributed by atoms with van der Waals surface area (Å²) in [6.07, 6.45) is 3.65. The summed E-state index contributed by atoms with van der Waals surface area (Å²) in [7, 11) is 1.33. The predicted octanol–water partition coefficient (Wildman–Crippen LogP) is 4.74. The summed E-state index contributed by atoms with van der Waals surface area (Å²) in [5.41, 5.74) is 3.68. The van der Waals surface area contributed by atoms with Crippen molar-refractivity contribution in [3.05, 3.63) is 76.1 Å². The molecule has 2 aromatic rings. The zero-order valence-corrected chi connectivity index (χ0v) is 16.4. The van der Waals surface area contributed by atoms with E-state index < -0.39 is 5.97 Å². The van der Waals surface area contributed by atoms with Crippen LogP contribution in [0.1, 0.15) is 45.7 Å². The molecule has 0 N–H and O–H groups in total. The van der Waals surface area contributed by atoms with Crippen molar-refractivity contribution in [1.82, 2.24) is 0 Å². The van der Waals surface area contributed by atoms with Gasteiger partial charge in [-0.25, -0.2) is 4.79 Å². The Morgan fingerprint density at radius 1 is 1.11 bits per heavy atom. The maximum Gasteiger partial charge on any atom is 0.337 e. The molecule has 1 aliphatic rings. The number of allylic oxidation sites excluding steroid dienone is 2. The number of carbonyl (C=O) groups excluding carboxylic acids is 2. The number of hydrogen-bond donors (Lipinski definition) is 0. The average molecular weight is 378 g/mol. The van der Waals surface area contributed by atoms with Crippen LogP contribution >= 0.6 is 0 Å². The third-order valence-corrected chi connectivity index (χ3v) is 4.40. The topological polar surface area (TPSA) is 61.8 Å². The van der Waals surface area contributed by atoms with Gasteiger partial charge in [0.15, 0.2) is 5.76 Å².